The van der Waals surface area contributed by atoms with Gasteiger partial charge in [-0.1, -0.05) is 0 Å². The Bertz CT molecular complexity index is 874. The van der Waals surface area contributed by atoms with Gasteiger partial charge in [-0.2, -0.15) is 5.10 Å². The molecule has 0 unspecified atom stereocenters. The molecule has 3 aromatic rings. The van der Waals surface area contributed by atoms with E-state index in [1.165, 1.54) is 23.7 Å². The molecule has 0 saturated carbocycles. The number of nitrogens with zero attached hydrogens (tertiary/aromatic N) is 6. The van der Waals surface area contributed by atoms with E-state index in [0.29, 0.717) is 17.2 Å². The lowest BCUT2D eigenvalue weighted by Crippen LogP contribution is -2.36. The summed E-state index contributed by atoms with van der Waals surface area (Å²) in [6.07, 6.45) is 4.31. The summed E-state index contributed by atoms with van der Waals surface area (Å²) >= 11 is 0. The average Bonchev–Trinajstić information content (AvgIpc) is 3.24. The number of benzene rings is 1. The molecule has 1 aliphatic rings. The van der Waals surface area contributed by atoms with E-state index in [-0.39, 0.29) is 5.91 Å². The van der Waals surface area contributed by atoms with Crippen molar-refractivity contribution in [1.29, 1.82) is 0 Å². The van der Waals surface area contributed by atoms with Crippen LogP contribution >= 0.6 is 0 Å². The first-order valence-corrected chi connectivity index (χ1v) is 8.21. The van der Waals surface area contributed by atoms with E-state index < -0.39 is 0 Å². The largest absolute Gasteiger partial charge is 0.378 e. The minimum Gasteiger partial charge on any atom is -0.378 e. The number of ether oxygens (including phenoxy) is 1. The Labute approximate surface area is 149 Å². The molecule has 9 heteroatoms. The van der Waals surface area contributed by atoms with Gasteiger partial charge in [-0.05, 0) is 24.3 Å². The molecule has 0 bridgehead atoms. The van der Waals surface area contributed by atoms with E-state index in [1.807, 2.05) is 12.1 Å². The third kappa shape index (κ3) is 3.52. The Kier molecular flexibility index (Phi) is 4.52. The highest BCUT2D eigenvalue weighted by atomic mass is 16.5. The zero-order chi connectivity index (χ0) is 17.8. The molecule has 1 amide bonds. The van der Waals surface area contributed by atoms with Gasteiger partial charge in [-0.25, -0.2) is 19.6 Å². The van der Waals surface area contributed by atoms with Crippen molar-refractivity contribution in [3.63, 3.8) is 0 Å². The monoisotopic (exact) mass is 351 g/mol. The zero-order valence-electron chi connectivity index (χ0n) is 13.9. The first kappa shape index (κ1) is 16.2. The molecule has 4 rings (SSSR count). The van der Waals surface area contributed by atoms with Crippen molar-refractivity contribution in [3.8, 4) is 5.82 Å². The summed E-state index contributed by atoms with van der Waals surface area (Å²) in [5, 5.41) is 6.78. The number of nitrogens with one attached hydrogen (secondary N) is 1. The Morgan fingerprint density at radius 2 is 1.88 bits per heavy atom. The number of anilines is 2. The van der Waals surface area contributed by atoms with Crippen molar-refractivity contribution in [3.05, 3.63) is 54.9 Å². The predicted octanol–water partition coefficient (Wildman–Crippen LogP) is 1.15. The number of carbonyl (C=O) groups is 1. The minimum absolute atomic E-state index is 0.234. The third-order valence-corrected chi connectivity index (χ3v) is 4.05. The molecule has 1 aromatic carbocycles. The topological polar surface area (TPSA) is 98.1 Å². The standard InChI is InChI=1S/C17H17N7O2/c25-17(13-1-3-14(4-2-13)23-5-7-26-8-6-23)22-15-9-16(20-11-19-15)24-12-18-10-21-24/h1-4,9-12H,5-8H2,(H,19,20,22,25). The lowest BCUT2D eigenvalue weighted by molar-refractivity contribution is 0.102. The molecular weight excluding hydrogens is 334 g/mol. The van der Waals surface area contributed by atoms with Crippen LogP contribution in [0.2, 0.25) is 0 Å². The van der Waals surface area contributed by atoms with E-state index in [0.717, 1.165) is 32.0 Å². The van der Waals surface area contributed by atoms with E-state index in [2.05, 4.69) is 30.3 Å². The van der Waals surface area contributed by atoms with Crippen LogP contribution in [0.25, 0.3) is 5.82 Å². The van der Waals surface area contributed by atoms with E-state index in [4.69, 9.17) is 4.74 Å². The summed E-state index contributed by atoms with van der Waals surface area (Å²) in [4.78, 5) is 26.8. The fourth-order valence-corrected chi connectivity index (χ4v) is 2.70. The molecule has 1 saturated heterocycles. The second-order valence-corrected chi connectivity index (χ2v) is 5.70. The molecule has 1 fully saturated rings. The van der Waals surface area contributed by atoms with Crippen LogP contribution in [0.1, 0.15) is 10.4 Å². The second kappa shape index (κ2) is 7.28. The van der Waals surface area contributed by atoms with Crippen LogP contribution in [0.5, 0.6) is 0 Å². The second-order valence-electron chi connectivity index (χ2n) is 5.70. The van der Waals surface area contributed by atoms with E-state index in [1.54, 1.807) is 18.2 Å². The van der Waals surface area contributed by atoms with Crippen LogP contribution in [0.15, 0.2) is 49.3 Å². The van der Waals surface area contributed by atoms with Crippen LogP contribution in [-0.2, 0) is 4.74 Å². The molecule has 132 valence electrons. The summed E-state index contributed by atoms with van der Waals surface area (Å²) in [7, 11) is 0. The van der Waals surface area contributed by atoms with Gasteiger partial charge in [0.1, 0.15) is 24.8 Å². The van der Waals surface area contributed by atoms with Gasteiger partial charge in [0.15, 0.2) is 5.82 Å². The summed E-state index contributed by atoms with van der Waals surface area (Å²) < 4.78 is 6.85. The van der Waals surface area contributed by atoms with Crippen molar-refractivity contribution >= 4 is 17.4 Å². The lowest BCUT2D eigenvalue weighted by atomic mass is 10.1. The van der Waals surface area contributed by atoms with Gasteiger partial charge in [0.2, 0.25) is 0 Å². The lowest BCUT2D eigenvalue weighted by Gasteiger charge is -2.28. The van der Waals surface area contributed by atoms with Gasteiger partial charge >= 0.3 is 0 Å². The molecule has 2 aromatic heterocycles. The molecule has 0 spiro atoms. The average molecular weight is 351 g/mol. The SMILES string of the molecule is O=C(Nc1cc(-n2cncn2)ncn1)c1ccc(N2CCOCC2)cc1. The number of rotatable bonds is 4. The molecule has 0 atom stereocenters. The van der Waals surface area contributed by atoms with Crippen LogP contribution in [0.3, 0.4) is 0 Å². The highest BCUT2D eigenvalue weighted by Crippen LogP contribution is 2.17. The molecule has 1 N–H and O–H groups in total. The van der Waals surface area contributed by atoms with Gasteiger partial charge in [0.05, 0.1) is 13.2 Å². The Morgan fingerprint density at radius 3 is 2.62 bits per heavy atom. The number of amides is 1. The molecule has 0 aliphatic carbocycles. The number of aromatic nitrogens is 5. The summed E-state index contributed by atoms with van der Waals surface area (Å²) in [6, 6.07) is 9.14. The quantitative estimate of drug-likeness (QED) is 0.753. The van der Waals surface area contributed by atoms with E-state index in [9.17, 15) is 4.79 Å². The fraction of sp³-hybridized carbons (Fsp3) is 0.235. The molecule has 26 heavy (non-hydrogen) atoms. The maximum atomic E-state index is 12.5. The number of morpholine rings is 1. The summed E-state index contributed by atoms with van der Waals surface area (Å²) in [5.74, 6) is 0.685. The maximum Gasteiger partial charge on any atom is 0.256 e. The Balaban J connectivity index is 1.45. The van der Waals surface area contributed by atoms with E-state index >= 15 is 0 Å². The Hall–Kier alpha value is -3.33. The van der Waals surface area contributed by atoms with Gasteiger partial charge in [0.25, 0.3) is 5.91 Å². The van der Waals surface area contributed by atoms with Crippen LogP contribution in [-0.4, -0.2) is 56.9 Å². The smallest absolute Gasteiger partial charge is 0.256 e. The van der Waals surface area contributed by atoms with Gasteiger partial charge in [0, 0.05) is 30.4 Å². The van der Waals surface area contributed by atoms with Gasteiger partial charge in [-0.15, -0.1) is 0 Å². The molecule has 9 nitrogen and oxygen atoms in total. The first-order valence-electron chi connectivity index (χ1n) is 8.21. The number of carbonyl (C=O) groups excluding carboxylic acids is 1. The van der Waals surface area contributed by atoms with Crippen molar-refractivity contribution < 1.29 is 9.53 Å². The third-order valence-electron chi connectivity index (χ3n) is 4.05. The summed E-state index contributed by atoms with van der Waals surface area (Å²) in [6.45, 7) is 3.17. The molecular formula is C17H17N7O2. The van der Waals surface area contributed by atoms with Crippen LogP contribution < -0.4 is 10.2 Å². The summed E-state index contributed by atoms with van der Waals surface area (Å²) in [5.41, 5.74) is 1.64. The van der Waals surface area contributed by atoms with Crippen molar-refractivity contribution in [2.75, 3.05) is 36.5 Å². The zero-order valence-corrected chi connectivity index (χ0v) is 13.9. The number of hydrogen-bond acceptors (Lipinski definition) is 7. The van der Waals surface area contributed by atoms with Crippen molar-refractivity contribution in [2.24, 2.45) is 0 Å². The fourth-order valence-electron chi connectivity index (χ4n) is 2.70. The highest BCUT2D eigenvalue weighted by Gasteiger charge is 2.13. The number of hydrogen-bond donors (Lipinski definition) is 1. The minimum atomic E-state index is -0.234. The molecule has 1 aliphatic heterocycles. The molecule has 3 heterocycles. The predicted molar refractivity (Wildman–Crippen MR) is 94.4 cm³/mol. The maximum absolute atomic E-state index is 12.5. The van der Waals surface area contributed by atoms with Gasteiger partial charge in [-0.3, -0.25) is 4.79 Å². The Morgan fingerprint density at radius 1 is 1.08 bits per heavy atom. The van der Waals surface area contributed by atoms with Crippen molar-refractivity contribution in [1.82, 2.24) is 24.7 Å². The normalized spacial score (nSPS) is 14.2. The van der Waals surface area contributed by atoms with Gasteiger partial charge < -0.3 is 15.0 Å². The van der Waals surface area contributed by atoms with Crippen LogP contribution in [0.4, 0.5) is 11.5 Å². The molecule has 0 radical (unpaired) electrons. The van der Waals surface area contributed by atoms with Crippen molar-refractivity contribution in [2.45, 2.75) is 0 Å². The van der Waals surface area contributed by atoms with Crippen LogP contribution in [0, 0.1) is 0 Å². The highest BCUT2D eigenvalue weighted by molar-refractivity contribution is 6.04. The first-order chi connectivity index (χ1) is 12.8.